The Balaban J connectivity index is 0.840. The zero-order valence-corrected chi connectivity index (χ0v) is 37.6. The minimum Gasteiger partial charge on any atom is -0.337 e. The van der Waals surface area contributed by atoms with Crippen LogP contribution in [-0.4, -0.2) is 29.9 Å². The van der Waals surface area contributed by atoms with E-state index in [2.05, 4.69) is 238 Å². The highest BCUT2D eigenvalue weighted by molar-refractivity contribution is 6.26. The average Bonchev–Trinajstić information content (AvgIpc) is 4.22. The maximum atomic E-state index is 5.24. The molecule has 3 aromatic heterocycles. The minimum absolute atomic E-state index is 0.834. The molecule has 0 aliphatic heterocycles. The van der Waals surface area contributed by atoms with Gasteiger partial charge in [-0.2, -0.15) is 0 Å². The molecule has 7 nitrogen and oxygen atoms in total. The summed E-state index contributed by atoms with van der Waals surface area (Å²) in [4.78, 5) is 29.2. The number of H-pyrrole nitrogens is 3. The number of benzene rings is 12. The zero-order chi connectivity index (χ0) is 45.9. The maximum Gasteiger partial charge on any atom is 0.138 e. The van der Waals surface area contributed by atoms with Gasteiger partial charge in [0, 0.05) is 66.1 Å². The summed E-state index contributed by atoms with van der Waals surface area (Å²) in [5, 5.41) is 14.2. The SMILES string of the molecule is c1ccc2c(c1)c1ccccc1c1[nH]c(-c3ccc(N(c4ccc(-c5nc6c7ccccc7c7ccccc7c6[nH]5)cc4)c4ccc(-c5nc6c7ccccc7c7ccccc7c6[nH]5)cc4)cc3)nc21. The normalized spacial score (nSPS) is 12.0. The number of anilines is 3. The third-order valence-corrected chi connectivity index (χ3v) is 14.3. The first-order valence-electron chi connectivity index (χ1n) is 23.7. The van der Waals surface area contributed by atoms with Gasteiger partial charge in [0.05, 0.1) is 33.1 Å². The Kier molecular flexibility index (Phi) is 8.23. The maximum absolute atomic E-state index is 5.24. The monoisotopic (exact) mass is 893 g/mol. The first-order valence-corrected chi connectivity index (χ1v) is 23.7. The quantitative estimate of drug-likeness (QED) is 0.145. The highest BCUT2D eigenvalue weighted by Crippen LogP contribution is 2.41. The standard InChI is InChI=1S/C63H39N7/c1-7-19-49-43(13-1)44-14-2-8-20-50(44)56-55(49)64-61(65-56)37-25-31-40(32-26-37)70(41-33-27-38(28-34-41)62-66-57-51-21-9-3-15-45(51)46-16-4-10-22-52(46)58(57)67-62)42-35-29-39(30-36-42)63-68-59-53-23-11-5-17-47(53)48-18-6-12-24-54(48)60(59)69-63/h1-36H,(H,64,65)(H,66,67)(H,68,69). The van der Waals surface area contributed by atoms with Gasteiger partial charge in [0.15, 0.2) is 0 Å². The van der Waals surface area contributed by atoms with Crippen LogP contribution in [0, 0.1) is 0 Å². The molecule has 3 heterocycles. The summed E-state index contributed by atoms with van der Waals surface area (Å²) in [6.07, 6.45) is 0. The lowest BCUT2D eigenvalue weighted by Gasteiger charge is -2.26. The molecule has 326 valence electrons. The van der Waals surface area contributed by atoms with Crippen LogP contribution in [0.25, 0.3) is 132 Å². The first-order chi connectivity index (χ1) is 34.7. The Bertz CT molecular complexity index is 3890. The fourth-order valence-corrected chi connectivity index (χ4v) is 11.0. The Hall–Kier alpha value is -9.59. The van der Waals surface area contributed by atoms with E-state index < -0.39 is 0 Å². The van der Waals surface area contributed by atoms with Crippen molar-refractivity contribution in [3.05, 3.63) is 218 Å². The second kappa shape index (κ2) is 15.0. The van der Waals surface area contributed by atoms with Crippen molar-refractivity contribution >= 4 is 115 Å². The summed E-state index contributed by atoms with van der Waals surface area (Å²) < 4.78 is 0. The molecule has 0 saturated carbocycles. The number of hydrogen-bond donors (Lipinski definition) is 3. The fourth-order valence-electron chi connectivity index (χ4n) is 11.0. The molecule has 3 N–H and O–H groups in total. The van der Waals surface area contributed by atoms with Crippen LogP contribution < -0.4 is 4.90 Å². The Morgan fingerprint density at radius 3 is 0.700 bits per heavy atom. The number of hydrogen-bond acceptors (Lipinski definition) is 4. The van der Waals surface area contributed by atoms with E-state index in [9.17, 15) is 0 Å². The molecular weight excluding hydrogens is 855 g/mol. The minimum atomic E-state index is 0.834. The number of aromatic nitrogens is 6. The van der Waals surface area contributed by atoms with Crippen molar-refractivity contribution in [2.45, 2.75) is 0 Å². The molecule has 15 aromatic rings. The molecule has 0 unspecified atom stereocenters. The van der Waals surface area contributed by atoms with Gasteiger partial charge < -0.3 is 19.9 Å². The average molecular weight is 894 g/mol. The van der Waals surface area contributed by atoms with Gasteiger partial charge in [0.2, 0.25) is 0 Å². The van der Waals surface area contributed by atoms with E-state index in [-0.39, 0.29) is 0 Å². The van der Waals surface area contributed by atoms with Crippen LogP contribution in [0.3, 0.4) is 0 Å². The molecular formula is C63H39N7. The van der Waals surface area contributed by atoms with Crippen molar-refractivity contribution in [3.63, 3.8) is 0 Å². The van der Waals surface area contributed by atoms with Crippen molar-refractivity contribution in [2.24, 2.45) is 0 Å². The molecule has 0 spiro atoms. The lowest BCUT2D eigenvalue weighted by molar-refractivity contribution is 1.27. The second-order valence-corrected chi connectivity index (χ2v) is 18.2. The molecule has 7 heteroatoms. The molecule has 0 atom stereocenters. The summed E-state index contributed by atoms with van der Waals surface area (Å²) in [6, 6.07) is 77.5. The highest BCUT2D eigenvalue weighted by Gasteiger charge is 2.20. The Labute approximate surface area is 400 Å². The van der Waals surface area contributed by atoms with E-state index in [1.54, 1.807) is 0 Å². The number of rotatable bonds is 6. The number of fused-ring (bicyclic) bond motifs is 18. The van der Waals surface area contributed by atoms with E-state index in [4.69, 9.17) is 15.0 Å². The van der Waals surface area contributed by atoms with E-state index in [1.807, 2.05) is 0 Å². The lowest BCUT2D eigenvalue weighted by atomic mass is 10.0. The summed E-state index contributed by atoms with van der Waals surface area (Å²) >= 11 is 0. The number of imidazole rings is 3. The van der Waals surface area contributed by atoms with Crippen LogP contribution in [0.15, 0.2) is 218 Å². The Morgan fingerprint density at radius 2 is 0.443 bits per heavy atom. The molecule has 0 aliphatic rings. The third-order valence-electron chi connectivity index (χ3n) is 14.3. The zero-order valence-electron chi connectivity index (χ0n) is 37.6. The van der Waals surface area contributed by atoms with E-state index in [1.165, 1.54) is 48.5 Å². The molecule has 0 amide bonds. The molecule has 15 rings (SSSR count). The molecule has 12 aromatic carbocycles. The van der Waals surface area contributed by atoms with Gasteiger partial charge >= 0.3 is 0 Å². The van der Waals surface area contributed by atoms with E-state index in [0.717, 1.165) is 100 Å². The van der Waals surface area contributed by atoms with Gasteiger partial charge in [-0.3, -0.25) is 0 Å². The molecule has 70 heavy (non-hydrogen) atoms. The predicted molar refractivity (Wildman–Crippen MR) is 291 cm³/mol. The topological polar surface area (TPSA) is 89.3 Å². The van der Waals surface area contributed by atoms with Crippen LogP contribution in [0.4, 0.5) is 17.1 Å². The van der Waals surface area contributed by atoms with Crippen LogP contribution >= 0.6 is 0 Å². The van der Waals surface area contributed by atoms with E-state index in [0.29, 0.717) is 0 Å². The van der Waals surface area contributed by atoms with Crippen LogP contribution in [0.2, 0.25) is 0 Å². The van der Waals surface area contributed by atoms with Gasteiger partial charge in [0.25, 0.3) is 0 Å². The number of aromatic amines is 3. The third kappa shape index (κ3) is 5.79. The second-order valence-electron chi connectivity index (χ2n) is 18.2. The number of nitrogens with zero attached hydrogens (tertiary/aromatic N) is 4. The van der Waals surface area contributed by atoms with Crippen molar-refractivity contribution < 1.29 is 0 Å². The fraction of sp³-hybridized carbons (Fsp3) is 0. The summed E-state index contributed by atoms with van der Waals surface area (Å²) in [5.41, 5.74) is 12.1. The number of nitrogens with one attached hydrogen (secondary N) is 3. The van der Waals surface area contributed by atoms with Gasteiger partial charge in [-0.1, -0.05) is 146 Å². The predicted octanol–water partition coefficient (Wildman–Crippen LogP) is 16.7. The smallest absolute Gasteiger partial charge is 0.138 e. The Morgan fingerprint density at radius 1 is 0.229 bits per heavy atom. The first kappa shape index (κ1) is 38.5. The van der Waals surface area contributed by atoms with Gasteiger partial charge in [-0.15, -0.1) is 0 Å². The molecule has 0 saturated heterocycles. The molecule has 0 bridgehead atoms. The lowest BCUT2D eigenvalue weighted by Crippen LogP contribution is -2.09. The van der Waals surface area contributed by atoms with Crippen molar-refractivity contribution in [3.8, 4) is 34.2 Å². The van der Waals surface area contributed by atoms with E-state index >= 15 is 0 Å². The summed E-state index contributed by atoms with van der Waals surface area (Å²) in [7, 11) is 0. The molecule has 0 aliphatic carbocycles. The summed E-state index contributed by atoms with van der Waals surface area (Å²) in [5.74, 6) is 2.50. The van der Waals surface area contributed by atoms with Crippen LogP contribution in [0.1, 0.15) is 0 Å². The van der Waals surface area contributed by atoms with Crippen molar-refractivity contribution in [2.75, 3.05) is 4.90 Å². The highest BCUT2D eigenvalue weighted by atomic mass is 15.1. The molecule has 0 radical (unpaired) electrons. The largest absolute Gasteiger partial charge is 0.337 e. The van der Waals surface area contributed by atoms with Crippen LogP contribution in [0.5, 0.6) is 0 Å². The van der Waals surface area contributed by atoms with Gasteiger partial charge in [-0.05, 0) is 105 Å². The van der Waals surface area contributed by atoms with Crippen LogP contribution in [-0.2, 0) is 0 Å². The van der Waals surface area contributed by atoms with Gasteiger partial charge in [0.1, 0.15) is 17.5 Å². The molecule has 0 fully saturated rings. The van der Waals surface area contributed by atoms with Crippen molar-refractivity contribution in [1.29, 1.82) is 0 Å². The summed E-state index contributed by atoms with van der Waals surface area (Å²) in [6.45, 7) is 0. The van der Waals surface area contributed by atoms with Gasteiger partial charge in [-0.25, -0.2) is 15.0 Å². The van der Waals surface area contributed by atoms with Crippen molar-refractivity contribution in [1.82, 2.24) is 29.9 Å².